The molecule has 0 saturated heterocycles. The standard InChI is InChI=1S/C25H20F3NO8S/c1-34-5-6-36-17-4-3-14(26)22(28)13(17)10-37-19-9-16(15(27)8-18(19)35-2)29-20(30)7-12-11-38-23(25(32)33)21(12)24(29)31/h3-4,8-9,11H,5-7,10H2,1-2H3,(H,32,33). The lowest BCUT2D eigenvalue weighted by molar-refractivity contribution is -0.117. The molecule has 2 heterocycles. The molecule has 1 aliphatic heterocycles. The highest BCUT2D eigenvalue weighted by atomic mass is 32.1. The van der Waals surface area contributed by atoms with Gasteiger partial charge in [0.2, 0.25) is 5.91 Å². The van der Waals surface area contributed by atoms with Gasteiger partial charge in [-0.15, -0.1) is 11.3 Å². The summed E-state index contributed by atoms with van der Waals surface area (Å²) >= 11 is 0.783. The highest BCUT2D eigenvalue weighted by Gasteiger charge is 2.38. The third-order valence-electron chi connectivity index (χ3n) is 5.61. The molecule has 4 rings (SSSR count). The van der Waals surface area contributed by atoms with Crippen LogP contribution in [0.2, 0.25) is 0 Å². The number of carboxylic acids is 1. The van der Waals surface area contributed by atoms with Crippen LogP contribution in [0.3, 0.4) is 0 Å². The molecule has 0 unspecified atom stereocenters. The minimum atomic E-state index is -1.36. The topological polar surface area (TPSA) is 112 Å². The van der Waals surface area contributed by atoms with Crippen molar-refractivity contribution in [1.29, 1.82) is 0 Å². The zero-order valence-electron chi connectivity index (χ0n) is 20.0. The van der Waals surface area contributed by atoms with Gasteiger partial charge in [-0.1, -0.05) is 0 Å². The Balaban J connectivity index is 1.69. The summed E-state index contributed by atoms with van der Waals surface area (Å²) in [6.45, 7) is -0.366. The Morgan fingerprint density at radius 1 is 1.03 bits per heavy atom. The smallest absolute Gasteiger partial charge is 0.346 e. The minimum Gasteiger partial charge on any atom is -0.493 e. The fourth-order valence-corrected chi connectivity index (χ4v) is 4.72. The van der Waals surface area contributed by atoms with Crippen molar-refractivity contribution in [3.05, 3.63) is 68.7 Å². The van der Waals surface area contributed by atoms with Crippen LogP contribution in [0.5, 0.6) is 17.2 Å². The number of carboxylic acid groups (broad SMARTS) is 1. The number of nitrogens with zero attached hydrogens (tertiary/aromatic N) is 1. The summed E-state index contributed by atoms with van der Waals surface area (Å²) in [5.41, 5.74) is -0.792. The van der Waals surface area contributed by atoms with Crippen LogP contribution in [0.4, 0.5) is 18.9 Å². The van der Waals surface area contributed by atoms with Gasteiger partial charge in [0, 0.05) is 19.2 Å². The van der Waals surface area contributed by atoms with Crippen LogP contribution in [0.1, 0.15) is 31.2 Å². The molecule has 0 radical (unpaired) electrons. The summed E-state index contributed by atoms with van der Waals surface area (Å²) in [6.07, 6.45) is -0.330. The number of anilines is 1. The number of carbonyl (C=O) groups is 3. The van der Waals surface area contributed by atoms with E-state index in [0.717, 1.165) is 29.5 Å². The minimum absolute atomic E-state index is 0.0187. The zero-order chi connectivity index (χ0) is 27.6. The van der Waals surface area contributed by atoms with Gasteiger partial charge in [-0.05, 0) is 23.1 Å². The van der Waals surface area contributed by atoms with Crippen LogP contribution in [-0.4, -0.2) is 50.3 Å². The molecule has 38 heavy (non-hydrogen) atoms. The van der Waals surface area contributed by atoms with Gasteiger partial charge in [-0.2, -0.15) is 0 Å². The van der Waals surface area contributed by atoms with Crippen molar-refractivity contribution in [2.24, 2.45) is 0 Å². The molecule has 0 spiro atoms. The summed E-state index contributed by atoms with van der Waals surface area (Å²) < 4.78 is 64.7. The normalized spacial score (nSPS) is 12.9. The Morgan fingerprint density at radius 2 is 1.79 bits per heavy atom. The zero-order valence-corrected chi connectivity index (χ0v) is 20.8. The van der Waals surface area contributed by atoms with Crippen molar-refractivity contribution in [3.63, 3.8) is 0 Å². The molecule has 200 valence electrons. The SMILES string of the molecule is COCCOc1ccc(F)c(F)c1COc1cc(N2C(=O)Cc3csc(C(=O)O)c3C2=O)c(F)cc1OC. The van der Waals surface area contributed by atoms with Crippen molar-refractivity contribution in [3.8, 4) is 17.2 Å². The number of methoxy groups -OCH3 is 2. The Hall–Kier alpha value is -4.10. The average Bonchev–Trinajstić information content (AvgIpc) is 3.31. The average molecular weight is 551 g/mol. The first kappa shape index (κ1) is 26.9. The number of imide groups is 1. The van der Waals surface area contributed by atoms with Crippen LogP contribution >= 0.6 is 11.3 Å². The summed E-state index contributed by atoms with van der Waals surface area (Å²) in [5.74, 6) is -6.98. The van der Waals surface area contributed by atoms with E-state index in [4.69, 9.17) is 18.9 Å². The highest BCUT2D eigenvalue weighted by molar-refractivity contribution is 7.12. The highest BCUT2D eigenvalue weighted by Crippen LogP contribution is 2.39. The van der Waals surface area contributed by atoms with Crippen molar-refractivity contribution in [1.82, 2.24) is 0 Å². The molecular formula is C25H20F3NO8S. The third-order valence-corrected chi connectivity index (χ3v) is 6.63. The van der Waals surface area contributed by atoms with E-state index in [1.54, 1.807) is 0 Å². The second kappa shape index (κ2) is 11.1. The molecule has 0 bridgehead atoms. The predicted molar refractivity (Wildman–Crippen MR) is 128 cm³/mol. The van der Waals surface area contributed by atoms with E-state index in [2.05, 4.69) is 0 Å². The van der Waals surface area contributed by atoms with Gasteiger partial charge in [-0.3, -0.25) is 9.59 Å². The van der Waals surface area contributed by atoms with E-state index in [0.29, 0.717) is 4.90 Å². The van der Waals surface area contributed by atoms with Crippen molar-refractivity contribution >= 4 is 34.8 Å². The molecule has 3 aromatic rings. The Morgan fingerprint density at radius 3 is 2.47 bits per heavy atom. The van der Waals surface area contributed by atoms with Crippen LogP contribution in [0.25, 0.3) is 0 Å². The molecule has 2 aromatic carbocycles. The van der Waals surface area contributed by atoms with Crippen molar-refractivity contribution < 1.29 is 51.6 Å². The fraction of sp³-hybridized carbons (Fsp3) is 0.240. The Bertz CT molecular complexity index is 1420. The van der Waals surface area contributed by atoms with E-state index >= 15 is 4.39 Å². The van der Waals surface area contributed by atoms with Crippen molar-refractivity contribution in [2.45, 2.75) is 13.0 Å². The lowest BCUT2D eigenvalue weighted by atomic mass is 10.0. The van der Waals surface area contributed by atoms with Gasteiger partial charge < -0.3 is 24.1 Å². The van der Waals surface area contributed by atoms with Crippen molar-refractivity contribution in [2.75, 3.05) is 32.3 Å². The van der Waals surface area contributed by atoms with E-state index in [-0.39, 0.29) is 58.5 Å². The molecule has 1 N–H and O–H groups in total. The number of halogens is 3. The first-order valence-corrected chi connectivity index (χ1v) is 11.9. The first-order valence-electron chi connectivity index (χ1n) is 11.0. The maximum absolute atomic E-state index is 15.1. The predicted octanol–water partition coefficient (Wildman–Crippen LogP) is 4.21. The van der Waals surface area contributed by atoms with Gasteiger partial charge in [-0.25, -0.2) is 22.9 Å². The number of benzene rings is 2. The van der Waals surface area contributed by atoms with E-state index < -0.39 is 47.5 Å². The second-order valence-electron chi connectivity index (χ2n) is 7.90. The van der Waals surface area contributed by atoms with Gasteiger partial charge in [0.25, 0.3) is 5.91 Å². The summed E-state index contributed by atoms with van der Waals surface area (Å²) in [7, 11) is 2.65. The number of rotatable bonds is 10. The van der Waals surface area contributed by atoms with Crippen LogP contribution in [0.15, 0.2) is 29.6 Å². The number of ether oxygens (including phenoxy) is 4. The molecule has 9 nitrogen and oxygen atoms in total. The van der Waals surface area contributed by atoms with Crippen LogP contribution in [-0.2, 0) is 22.6 Å². The number of hydrogen-bond donors (Lipinski definition) is 1. The molecular weight excluding hydrogens is 531 g/mol. The molecule has 13 heteroatoms. The number of fused-ring (bicyclic) bond motifs is 1. The van der Waals surface area contributed by atoms with E-state index in [9.17, 15) is 28.3 Å². The molecule has 0 aliphatic carbocycles. The number of amides is 2. The van der Waals surface area contributed by atoms with Gasteiger partial charge >= 0.3 is 5.97 Å². The molecule has 2 amide bonds. The molecule has 1 aromatic heterocycles. The number of carbonyl (C=O) groups excluding carboxylic acids is 2. The molecule has 0 fully saturated rings. The third kappa shape index (κ3) is 5.02. The van der Waals surface area contributed by atoms with Gasteiger partial charge in [0.15, 0.2) is 29.0 Å². The largest absolute Gasteiger partial charge is 0.493 e. The fourth-order valence-electron chi connectivity index (χ4n) is 3.82. The van der Waals surface area contributed by atoms with Crippen LogP contribution in [0, 0.1) is 17.5 Å². The first-order chi connectivity index (χ1) is 18.2. The summed E-state index contributed by atoms with van der Waals surface area (Å²) in [4.78, 5) is 37.8. The Labute approximate surface area is 217 Å². The van der Waals surface area contributed by atoms with E-state index in [1.807, 2.05) is 0 Å². The number of thiophene rings is 1. The Kier molecular flexibility index (Phi) is 7.88. The lowest BCUT2D eigenvalue weighted by Gasteiger charge is -2.26. The molecule has 0 saturated carbocycles. The number of aromatic carboxylic acids is 1. The maximum atomic E-state index is 15.1. The second-order valence-corrected chi connectivity index (χ2v) is 8.78. The van der Waals surface area contributed by atoms with Crippen LogP contribution < -0.4 is 19.1 Å². The molecule has 1 aliphatic rings. The number of hydrogen-bond acceptors (Lipinski definition) is 8. The lowest BCUT2D eigenvalue weighted by Crippen LogP contribution is -2.43. The van der Waals surface area contributed by atoms with E-state index in [1.165, 1.54) is 25.7 Å². The van der Waals surface area contributed by atoms with Gasteiger partial charge in [0.1, 0.15) is 23.8 Å². The summed E-state index contributed by atoms with van der Waals surface area (Å²) in [5, 5.41) is 10.8. The van der Waals surface area contributed by atoms with Gasteiger partial charge in [0.05, 0.1) is 37.0 Å². The monoisotopic (exact) mass is 551 g/mol. The quantitative estimate of drug-likeness (QED) is 0.295. The maximum Gasteiger partial charge on any atom is 0.346 e. The molecule has 0 atom stereocenters. The summed E-state index contributed by atoms with van der Waals surface area (Å²) in [6, 6.07) is 3.94.